The third-order valence-corrected chi connectivity index (χ3v) is 3.95. The number of pyridine rings is 1. The molecule has 0 radical (unpaired) electrons. The van der Waals surface area contributed by atoms with Crippen molar-refractivity contribution < 1.29 is 8.42 Å². The Kier molecular flexibility index (Phi) is 3.75. The minimum absolute atomic E-state index is 0.0608. The molecule has 0 saturated heterocycles. The Hall–Kier alpha value is -1.63. The zero-order valence-electron chi connectivity index (χ0n) is 10.1. The first-order valence-corrected chi connectivity index (χ1v) is 7.32. The first-order valence-electron chi connectivity index (χ1n) is 5.39. The standard InChI is InChI=1S/C12H12ClN3O2S/c1-8-9(13)4-2-5-10(8)16-12-11(19(14,17)18)6-3-7-15-12/h2-7H,1H3,(H,15,16)(H2,14,17,18). The van der Waals surface area contributed by atoms with Crippen LogP contribution in [0.2, 0.25) is 5.02 Å². The molecule has 0 fully saturated rings. The molecule has 0 atom stereocenters. The van der Waals surface area contributed by atoms with Crippen molar-refractivity contribution in [3.63, 3.8) is 0 Å². The van der Waals surface area contributed by atoms with Crippen LogP contribution in [0.25, 0.3) is 0 Å². The van der Waals surface area contributed by atoms with Gasteiger partial charge in [-0.15, -0.1) is 0 Å². The summed E-state index contributed by atoms with van der Waals surface area (Å²) in [7, 11) is -3.83. The van der Waals surface area contributed by atoms with Gasteiger partial charge in [-0.1, -0.05) is 17.7 Å². The quantitative estimate of drug-likeness (QED) is 0.911. The summed E-state index contributed by atoms with van der Waals surface area (Å²) in [6, 6.07) is 8.20. The molecule has 0 aliphatic carbocycles. The van der Waals surface area contributed by atoms with E-state index >= 15 is 0 Å². The van der Waals surface area contributed by atoms with Gasteiger partial charge in [-0.05, 0) is 36.8 Å². The molecule has 3 N–H and O–H groups in total. The first kappa shape index (κ1) is 13.8. The lowest BCUT2D eigenvalue weighted by molar-refractivity contribution is 0.598. The van der Waals surface area contributed by atoms with E-state index in [4.69, 9.17) is 16.7 Å². The zero-order chi connectivity index (χ0) is 14.0. The second-order valence-corrected chi connectivity index (χ2v) is 5.87. The van der Waals surface area contributed by atoms with Gasteiger partial charge < -0.3 is 5.32 Å². The molecule has 0 aliphatic rings. The predicted octanol–water partition coefficient (Wildman–Crippen LogP) is 2.43. The van der Waals surface area contributed by atoms with E-state index < -0.39 is 10.0 Å². The topological polar surface area (TPSA) is 85.1 Å². The molecular formula is C12H12ClN3O2S. The van der Waals surface area contributed by atoms with Crippen molar-refractivity contribution >= 4 is 33.1 Å². The average molecular weight is 298 g/mol. The molecular weight excluding hydrogens is 286 g/mol. The molecule has 0 bridgehead atoms. The molecule has 2 rings (SSSR count). The summed E-state index contributed by atoms with van der Waals surface area (Å²) in [5.41, 5.74) is 1.48. The van der Waals surface area contributed by atoms with E-state index in [1.54, 1.807) is 18.2 Å². The summed E-state index contributed by atoms with van der Waals surface area (Å²) in [6.07, 6.45) is 1.48. The number of halogens is 1. The number of primary sulfonamides is 1. The number of nitrogens with zero attached hydrogens (tertiary/aromatic N) is 1. The normalized spacial score (nSPS) is 11.3. The molecule has 0 amide bonds. The first-order chi connectivity index (χ1) is 8.89. The molecule has 7 heteroatoms. The van der Waals surface area contributed by atoms with Gasteiger partial charge in [0, 0.05) is 16.9 Å². The van der Waals surface area contributed by atoms with Crippen molar-refractivity contribution in [2.45, 2.75) is 11.8 Å². The van der Waals surface area contributed by atoms with Crippen LogP contribution in [0.15, 0.2) is 41.4 Å². The molecule has 0 unspecified atom stereocenters. The number of anilines is 2. The fourth-order valence-electron chi connectivity index (χ4n) is 1.58. The fourth-order valence-corrected chi connectivity index (χ4v) is 2.40. The lowest BCUT2D eigenvalue weighted by Crippen LogP contribution is -2.15. The zero-order valence-corrected chi connectivity index (χ0v) is 11.7. The minimum atomic E-state index is -3.83. The van der Waals surface area contributed by atoms with Crippen molar-refractivity contribution in [1.29, 1.82) is 0 Å². The van der Waals surface area contributed by atoms with Gasteiger partial charge in [0.05, 0.1) is 0 Å². The maximum atomic E-state index is 11.5. The highest BCUT2D eigenvalue weighted by Crippen LogP contribution is 2.27. The van der Waals surface area contributed by atoms with E-state index in [1.807, 2.05) is 6.92 Å². The smallest absolute Gasteiger partial charge is 0.241 e. The number of aromatic nitrogens is 1. The van der Waals surface area contributed by atoms with Crippen LogP contribution in [0.1, 0.15) is 5.56 Å². The van der Waals surface area contributed by atoms with Gasteiger partial charge in [-0.3, -0.25) is 0 Å². The lowest BCUT2D eigenvalue weighted by Gasteiger charge is -2.12. The van der Waals surface area contributed by atoms with Crippen LogP contribution in [-0.4, -0.2) is 13.4 Å². The van der Waals surface area contributed by atoms with Gasteiger partial charge in [0.2, 0.25) is 10.0 Å². The molecule has 0 spiro atoms. The Morgan fingerprint density at radius 1 is 1.26 bits per heavy atom. The molecule has 1 aromatic carbocycles. The Balaban J connectivity index is 2.48. The Labute approximate surface area is 116 Å². The number of hydrogen-bond donors (Lipinski definition) is 2. The fraction of sp³-hybridized carbons (Fsp3) is 0.0833. The monoisotopic (exact) mass is 297 g/mol. The summed E-state index contributed by atoms with van der Waals surface area (Å²) in [5.74, 6) is 0.176. The highest BCUT2D eigenvalue weighted by Gasteiger charge is 2.15. The summed E-state index contributed by atoms with van der Waals surface area (Å²) in [4.78, 5) is 3.94. The SMILES string of the molecule is Cc1c(Cl)cccc1Nc1ncccc1S(N)(=O)=O. The molecule has 2 aromatic rings. The number of benzene rings is 1. The number of nitrogens with one attached hydrogen (secondary N) is 1. The maximum Gasteiger partial charge on any atom is 0.241 e. The van der Waals surface area contributed by atoms with Gasteiger partial charge in [0.1, 0.15) is 4.90 Å². The highest BCUT2D eigenvalue weighted by atomic mass is 35.5. The third kappa shape index (κ3) is 3.04. The lowest BCUT2D eigenvalue weighted by atomic mass is 10.2. The second-order valence-electron chi connectivity index (χ2n) is 3.93. The predicted molar refractivity (Wildman–Crippen MR) is 75.1 cm³/mol. The average Bonchev–Trinajstić information content (AvgIpc) is 2.34. The van der Waals surface area contributed by atoms with E-state index in [0.29, 0.717) is 10.7 Å². The second kappa shape index (κ2) is 5.16. The Morgan fingerprint density at radius 3 is 2.68 bits per heavy atom. The van der Waals surface area contributed by atoms with Crippen LogP contribution in [-0.2, 0) is 10.0 Å². The van der Waals surface area contributed by atoms with Crippen LogP contribution in [0.5, 0.6) is 0 Å². The van der Waals surface area contributed by atoms with E-state index in [9.17, 15) is 8.42 Å². The van der Waals surface area contributed by atoms with Crippen molar-refractivity contribution in [2.24, 2.45) is 5.14 Å². The van der Waals surface area contributed by atoms with E-state index in [-0.39, 0.29) is 10.7 Å². The van der Waals surface area contributed by atoms with Crippen LogP contribution in [0.4, 0.5) is 11.5 Å². The third-order valence-electron chi connectivity index (χ3n) is 2.60. The van der Waals surface area contributed by atoms with Crippen LogP contribution >= 0.6 is 11.6 Å². The van der Waals surface area contributed by atoms with Crippen molar-refractivity contribution in [3.8, 4) is 0 Å². The summed E-state index contributed by atoms with van der Waals surface area (Å²) in [5, 5.41) is 8.66. The van der Waals surface area contributed by atoms with Gasteiger partial charge >= 0.3 is 0 Å². The van der Waals surface area contributed by atoms with E-state index in [0.717, 1.165) is 5.56 Å². The molecule has 19 heavy (non-hydrogen) atoms. The Bertz CT molecular complexity index is 717. The highest BCUT2D eigenvalue weighted by molar-refractivity contribution is 7.89. The van der Waals surface area contributed by atoms with Crippen LogP contribution in [0.3, 0.4) is 0 Å². The maximum absolute atomic E-state index is 11.5. The van der Waals surface area contributed by atoms with Crippen molar-refractivity contribution in [2.75, 3.05) is 5.32 Å². The summed E-state index contributed by atoms with van der Waals surface area (Å²) >= 11 is 6.01. The van der Waals surface area contributed by atoms with Crippen LogP contribution < -0.4 is 10.5 Å². The van der Waals surface area contributed by atoms with Gasteiger partial charge in [-0.25, -0.2) is 18.5 Å². The molecule has 100 valence electrons. The summed E-state index contributed by atoms with van der Waals surface area (Å²) in [6.45, 7) is 1.82. The van der Waals surface area contributed by atoms with Gasteiger partial charge in [0.25, 0.3) is 0 Å². The summed E-state index contributed by atoms with van der Waals surface area (Å²) < 4.78 is 22.9. The molecule has 0 saturated carbocycles. The van der Waals surface area contributed by atoms with Gasteiger partial charge in [0.15, 0.2) is 5.82 Å². The number of sulfonamides is 1. The number of rotatable bonds is 3. The van der Waals surface area contributed by atoms with Crippen molar-refractivity contribution in [1.82, 2.24) is 4.98 Å². The molecule has 1 aromatic heterocycles. The molecule has 5 nitrogen and oxygen atoms in total. The van der Waals surface area contributed by atoms with Crippen LogP contribution in [0, 0.1) is 6.92 Å². The number of hydrogen-bond acceptors (Lipinski definition) is 4. The minimum Gasteiger partial charge on any atom is -0.339 e. The molecule has 0 aliphatic heterocycles. The van der Waals surface area contributed by atoms with Gasteiger partial charge in [-0.2, -0.15) is 0 Å². The van der Waals surface area contributed by atoms with E-state index in [1.165, 1.54) is 18.3 Å². The van der Waals surface area contributed by atoms with E-state index in [2.05, 4.69) is 10.3 Å². The molecule has 1 heterocycles. The van der Waals surface area contributed by atoms with Crippen molar-refractivity contribution in [3.05, 3.63) is 47.1 Å². The Morgan fingerprint density at radius 2 is 2.00 bits per heavy atom. The number of nitrogens with two attached hydrogens (primary N) is 1. The largest absolute Gasteiger partial charge is 0.339 e.